The Kier molecular flexibility index (Phi) is 3.84. The van der Waals surface area contributed by atoms with Gasteiger partial charge in [0, 0.05) is 18.8 Å². The van der Waals surface area contributed by atoms with Crippen LogP contribution in [0.3, 0.4) is 0 Å². The third-order valence-electron chi connectivity index (χ3n) is 4.42. The lowest BCUT2D eigenvalue weighted by atomic mass is 10.1. The first-order valence-corrected chi connectivity index (χ1v) is 9.08. The highest BCUT2D eigenvalue weighted by atomic mass is 32.2. The van der Waals surface area contributed by atoms with Crippen molar-refractivity contribution in [3.8, 4) is 0 Å². The summed E-state index contributed by atoms with van der Waals surface area (Å²) in [6.07, 6.45) is 5.03. The fourth-order valence-electron chi connectivity index (χ4n) is 3.21. The second-order valence-corrected chi connectivity index (χ2v) is 7.88. The molecule has 5 heteroatoms. The molecule has 1 aromatic rings. The Morgan fingerprint density at radius 2 is 1.95 bits per heavy atom. The average Bonchev–Trinajstić information content (AvgIpc) is 2.77. The van der Waals surface area contributed by atoms with Crippen LogP contribution in [0.25, 0.3) is 0 Å². The van der Waals surface area contributed by atoms with Gasteiger partial charge in [-0.2, -0.15) is 0 Å². The highest BCUT2D eigenvalue weighted by Gasteiger charge is 2.31. The Bertz CT molecular complexity index is 553. The van der Waals surface area contributed by atoms with Crippen molar-refractivity contribution in [3.63, 3.8) is 0 Å². The zero-order chi connectivity index (χ0) is 14.2. The summed E-state index contributed by atoms with van der Waals surface area (Å²) < 4.78 is 28.9. The van der Waals surface area contributed by atoms with Crippen LogP contribution in [0.5, 0.6) is 0 Å². The van der Waals surface area contributed by atoms with E-state index in [1.165, 1.54) is 25.5 Å². The van der Waals surface area contributed by atoms with Crippen LogP contribution in [-0.2, 0) is 14.6 Å². The van der Waals surface area contributed by atoms with E-state index in [0.717, 1.165) is 18.7 Å². The van der Waals surface area contributed by atoms with Crippen LogP contribution < -0.4 is 5.32 Å². The van der Waals surface area contributed by atoms with E-state index in [2.05, 4.69) is 5.32 Å². The quantitative estimate of drug-likeness (QED) is 0.905. The SMILES string of the molecule is CS(=O)(=O)c1ccc(C2CNC3CCCC3CO2)cc1. The number of hydrogen-bond donors (Lipinski definition) is 1. The van der Waals surface area contributed by atoms with Gasteiger partial charge < -0.3 is 10.1 Å². The van der Waals surface area contributed by atoms with Crippen LogP contribution in [0, 0.1) is 5.92 Å². The Labute approximate surface area is 120 Å². The van der Waals surface area contributed by atoms with Crippen molar-refractivity contribution in [3.05, 3.63) is 29.8 Å². The smallest absolute Gasteiger partial charge is 0.175 e. The van der Waals surface area contributed by atoms with Crippen molar-refractivity contribution in [1.82, 2.24) is 5.32 Å². The Balaban J connectivity index is 1.73. The third kappa shape index (κ3) is 2.90. The molecule has 1 saturated carbocycles. The van der Waals surface area contributed by atoms with E-state index < -0.39 is 9.84 Å². The van der Waals surface area contributed by atoms with Gasteiger partial charge in [-0.25, -0.2) is 8.42 Å². The Morgan fingerprint density at radius 1 is 1.20 bits per heavy atom. The van der Waals surface area contributed by atoms with E-state index in [1.54, 1.807) is 12.1 Å². The van der Waals surface area contributed by atoms with Crippen LogP contribution in [0.1, 0.15) is 30.9 Å². The minimum atomic E-state index is -3.13. The van der Waals surface area contributed by atoms with Crippen LogP contribution >= 0.6 is 0 Å². The number of ether oxygens (including phenoxy) is 1. The van der Waals surface area contributed by atoms with E-state index in [0.29, 0.717) is 16.9 Å². The van der Waals surface area contributed by atoms with Crippen molar-refractivity contribution in [2.24, 2.45) is 5.92 Å². The molecule has 0 amide bonds. The summed E-state index contributed by atoms with van der Waals surface area (Å²) >= 11 is 0. The maximum absolute atomic E-state index is 11.5. The molecule has 2 fully saturated rings. The molecule has 4 nitrogen and oxygen atoms in total. The maximum Gasteiger partial charge on any atom is 0.175 e. The highest BCUT2D eigenvalue weighted by Crippen LogP contribution is 2.31. The molecule has 1 aliphatic heterocycles. The van der Waals surface area contributed by atoms with Gasteiger partial charge in [0.2, 0.25) is 0 Å². The molecule has 3 rings (SSSR count). The molecule has 1 aromatic carbocycles. The normalized spacial score (nSPS) is 30.8. The zero-order valence-corrected chi connectivity index (χ0v) is 12.5. The zero-order valence-electron chi connectivity index (χ0n) is 11.7. The number of nitrogens with one attached hydrogen (secondary N) is 1. The average molecular weight is 295 g/mol. The lowest BCUT2D eigenvalue weighted by Gasteiger charge is -2.16. The van der Waals surface area contributed by atoms with Gasteiger partial charge in [0.1, 0.15) is 0 Å². The van der Waals surface area contributed by atoms with Crippen molar-refractivity contribution < 1.29 is 13.2 Å². The third-order valence-corrected chi connectivity index (χ3v) is 5.54. The second-order valence-electron chi connectivity index (χ2n) is 5.87. The van der Waals surface area contributed by atoms with Gasteiger partial charge in [0.15, 0.2) is 9.84 Å². The second kappa shape index (κ2) is 5.47. The lowest BCUT2D eigenvalue weighted by Crippen LogP contribution is -2.32. The van der Waals surface area contributed by atoms with Gasteiger partial charge in [-0.15, -0.1) is 0 Å². The van der Waals surface area contributed by atoms with E-state index >= 15 is 0 Å². The molecule has 3 unspecified atom stereocenters. The van der Waals surface area contributed by atoms with Gasteiger partial charge in [-0.1, -0.05) is 18.6 Å². The van der Waals surface area contributed by atoms with Gasteiger partial charge in [0.05, 0.1) is 17.6 Å². The fraction of sp³-hybridized carbons (Fsp3) is 0.600. The first kappa shape index (κ1) is 14.0. The number of rotatable bonds is 2. The molecule has 1 aliphatic carbocycles. The van der Waals surface area contributed by atoms with Gasteiger partial charge >= 0.3 is 0 Å². The summed E-state index contributed by atoms with van der Waals surface area (Å²) in [7, 11) is -3.13. The largest absolute Gasteiger partial charge is 0.372 e. The van der Waals surface area contributed by atoms with Gasteiger partial charge in [-0.05, 0) is 36.5 Å². The summed E-state index contributed by atoms with van der Waals surface area (Å²) in [5, 5.41) is 3.59. The lowest BCUT2D eigenvalue weighted by molar-refractivity contribution is 0.0473. The molecule has 2 aliphatic rings. The first-order chi connectivity index (χ1) is 9.54. The topological polar surface area (TPSA) is 55.4 Å². The van der Waals surface area contributed by atoms with Crippen molar-refractivity contribution in [2.45, 2.75) is 36.3 Å². The molecule has 1 N–H and O–H groups in total. The van der Waals surface area contributed by atoms with Crippen molar-refractivity contribution in [1.29, 1.82) is 0 Å². The van der Waals surface area contributed by atoms with E-state index in [4.69, 9.17) is 4.74 Å². The summed E-state index contributed by atoms with van der Waals surface area (Å²) in [4.78, 5) is 0.361. The standard InChI is InChI=1S/C15H21NO3S/c1-20(17,18)13-7-5-11(6-8-13)15-9-16-14-4-2-3-12(14)10-19-15/h5-8,12,14-16H,2-4,9-10H2,1H3. The Morgan fingerprint density at radius 3 is 2.65 bits per heavy atom. The summed E-state index contributed by atoms with van der Waals surface area (Å²) in [5.74, 6) is 0.635. The molecule has 0 bridgehead atoms. The van der Waals surface area contributed by atoms with E-state index in [-0.39, 0.29) is 6.10 Å². The van der Waals surface area contributed by atoms with Crippen molar-refractivity contribution >= 4 is 9.84 Å². The van der Waals surface area contributed by atoms with Gasteiger partial charge in [-0.3, -0.25) is 0 Å². The molecule has 0 spiro atoms. The maximum atomic E-state index is 11.5. The molecule has 0 radical (unpaired) electrons. The number of fused-ring (bicyclic) bond motifs is 1. The fourth-order valence-corrected chi connectivity index (χ4v) is 3.84. The number of sulfone groups is 1. The van der Waals surface area contributed by atoms with Crippen LogP contribution in [0.15, 0.2) is 29.2 Å². The molecule has 0 aromatic heterocycles. The van der Waals surface area contributed by atoms with Gasteiger partial charge in [0.25, 0.3) is 0 Å². The molecular formula is C15H21NO3S. The predicted octanol–water partition coefficient (Wildman–Crippen LogP) is 1.92. The van der Waals surface area contributed by atoms with Crippen LogP contribution in [-0.4, -0.2) is 33.9 Å². The van der Waals surface area contributed by atoms with Crippen molar-refractivity contribution in [2.75, 3.05) is 19.4 Å². The monoisotopic (exact) mass is 295 g/mol. The minimum Gasteiger partial charge on any atom is -0.372 e. The molecule has 3 atom stereocenters. The predicted molar refractivity (Wildman–Crippen MR) is 77.4 cm³/mol. The van der Waals surface area contributed by atoms with Crippen LogP contribution in [0.2, 0.25) is 0 Å². The summed E-state index contributed by atoms with van der Waals surface area (Å²) in [6.45, 7) is 1.61. The highest BCUT2D eigenvalue weighted by molar-refractivity contribution is 7.90. The minimum absolute atomic E-state index is 0.0224. The molecular weight excluding hydrogens is 274 g/mol. The molecule has 110 valence electrons. The first-order valence-electron chi connectivity index (χ1n) is 7.19. The summed E-state index contributed by atoms with van der Waals surface area (Å²) in [5.41, 5.74) is 1.05. The summed E-state index contributed by atoms with van der Waals surface area (Å²) in [6, 6.07) is 7.66. The molecule has 20 heavy (non-hydrogen) atoms. The molecule has 1 heterocycles. The number of hydrogen-bond acceptors (Lipinski definition) is 4. The van der Waals surface area contributed by atoms with E-state index in [9.17, 15) is 8.42 Å². The van der Waals surface area contributed by atoms with Crippen LogP contribution in [0.4, 0.5) is 0 Å². The van der Waals surface area contributed by atoms with E-state index in [1.807, 2.05) is 12.1 Å². The molecule has 1 saturated heterocycles. The number of benzene rings is 1. The Hall–Kier alpha value is -0.910.